The van der Waals surface area contributed by atoms with Crippen LogP contribution in [0.1, 0.15) is 39.0 Å². The minimum atomic E-state index is -0.698. The average molecular weight is 272 g/mol. The third kappa shape index (κ3) is 3.08. The van der Waals surface area contributed by atoms with Gasteiger partial charge in [-0.3, -0.25) is 4.79 Å². The molecule has 0 bridgehead atoms. The summed E-state index contributed by atoms with van der Waals surface area (Å²) in [7, 11) is 0. The van der Waals surface area contributed by atoms with E-state index in [1.165, 1.54) is 0 Å². The predicted octanol–water partition coefficient (Wildman–Crippen LogP) is 2.40. The largest absolute Gasteiger partial charge is 0.387 e. The number of aryl methyl sites for hydroxylation is 3. The topological polar surface area (TPSA) is 65.1 Å². The average Bonchev–Trinajstić information content (AvgIpc) is 2.75. The van der Waals surface area contributed by atoms with Gasteiger partial charge in [-0.25, -0.2) is 0 Å². The normalized spacial score (nSPS) is 12.2. The van der Waals surface area contributed by atoms with Gasteiger partial charge < -0.3 is 15.4 Å². The van der Waals surface area contributed by atoms with Crippen molar-refractivity contribution in [2.75, 3.05) is 6.54 Å². The summed E-state index contributed by atoms with van der Waals surface area (Å²) in [5.74, 6) is -0.191. The summed E-state index contributed by atoms with van der Waals surface area (Å²) in [5.41, 5.74) is 4.27. The van der Waals surface area contributed by atoms with E-state index in [2.05, 4.69) is 10.3 Å². The van der Waals surface area contributed by atoms with E-state index in [-0.39, 0.29) is 12.5 Å². The van der Waals surface area contributed by atoms with Crippen LogP contribution < -0.4 is 5.32 Å². The van der Waals surface area contributed by atoms with Crippen molar-refractivity contribution < 1.29 is 9.90 Å². The molecule has 0 spiro atoms. The number of aromatic nitrogens is 1. The Kier molecular flexibility index (Phi) is 4.25. The second-order valence-corrected chi connectivity index (χ2v) is 5.09. The number of amides is 1. The van der Waals surface area contributed by atoms with Crippen LogP contribution in [0, 0.1) is 20.8 Å². The second-order valence-electron chi connectivity index (χ2n) is 5.09. The van der Waals surface area contributed by atoms with E-state index in [0.717, 1.165) is 22.4 Å². The summed E-state index contributed by atoms with van der Waals surface area (Å²) in [4.78, 5) is 15.1. The van der Waals surface area contributed by atoms with Gasteiger partial charge in [-0.15, -0.1) is 0 Å². The summed E-state index contributed by atoms with van der Waals surface area (Å²) >= 11 is 0. The molecule has 0 radical (unpaired) electrons. The van der Waals surface area contributed by atoms with Crippen LogP contribution in [0.4, 0.5) is 0 Å². The maximum absolute atomic E-state index is 12.0. The van der Waals surface area contributed by atoms with Crippen LogP contribution >= 0.6 is 0 Å². The van der Waals surface area contributed by atoms with E-state index in [4.69, 9.17) is 0 Å². The molecule has 0 saturated carbocycles. The van der Waals surface area contributed by atoms with E-state index in [0.29, 0.717) is 5.69 Å². The quantitative estimate of drug-likeness (QED) is 0.800. The first kappa shape index (κ1) is 14.3. The predicted molar refractivity (Wildman–Crippen MR) is 78.7 cm³/mol. The van der Waals surface area contributed by atoms with Crippen molar-refractivity contribution in [1.29, 1.82) is 0 Å². The first-order chi connectivity index (χ1) is 9.49. The Morgan fingerprint density at radius 2 is 1.95 bits per heavy atom. The molecule has 1 heterocycles. The maximum atomic E-state index is 12.0. The lowest BCUT2D eigenvalue weighted by atomic mass is 10.0. The highest BCUT2D eigenvalue weighted by Crippen LogP contribution is 2.16. The molecule has 1 aromatic heterocycles. The van der Waals surface area contributed by atoms with Crippen molar-refractivity contribution in [3.63, 3.8) is 0 Å². The fourth-order valence-corrected chi connectivity index (χ4v) is 2.31. The first-order valence-corrected chi connectivity index (χ1v) is 6.67. The van der Waals surface area contributed by atoms with Crippen LogP contribution in [0.5, 0.6) is 0 Å². The van der Waals surface area contributed by atoms with Gasteiger partial charge >= 0.3 is 0 Å². The van der Waals surface area contributed by atoms with Gasteiger partial charge in [0.15, 0.2) is 0 Å². The second kappa shape index (κ2) is 5.92. The molecule has 0 aliphatic heterocycles. The van der Waals surface area contributed by atoms with Gasteiger partial charge in [0.25, 0.3) is 5.91 Å². The van der Waals surface area contributed by atoms with Crippen molar-refractivity contribution in [2.45, 2.75) is 26.9 Å². The molecule has 20 heavy (non-hydrogen) atoms. The highest BCUT2D eigenvalue weighted by molar-refractivity contribution is 5.94. The molecule has 1 unspecified atom stereocenters. The van der Waals surface area contributed by atoms with E-state index < -0.39 is 6.10 Å². The van der Waals surface area contributed by atoms with Gasteiger partial charge in [0, 0.05) is 12.2 Å². The highest BCUT2D eigenvalue weighted by atomic mass is 16.3. The molecule has 4 nitrogen and oxygen atoms in total. The van der Waals surface area contributed by atoms with Crippen LogP contribution in [0.3, 0.4) is 0 Å². The third-order valence-electron chi connectivity index (χ3n) is 3.38. The van der Waals surface area contributed by atoms with Gasteiger partial charge in [-0.1, -0.05) is 24.3 Å². The molecule has 2 rings (SSSR count). The lowest BCUT2D eigenvalue weighted by molar-refractivity contribution is 0.0911. The molecule has 1 aromatic carbocycles. The zero-order chi connectivity index (χ0) is 14.7. The summed E-state index contributed by atoms with van der Waals surface area (Å²) in [6.45, 7) is 5.93. The zero-order valence-corrected chi connectivity index (χ0v) is 12.0. The Labute approximate surface area is 118 Å². The number of H-pyrrole nitrogens is 1. The van der Waals surface area contributed by atoms with Crippen molar-refractivity contribution in [3.05, 3.63) is 58.4 Å². The monoisotopic (exact) mass is 272 g/mol. The van der Waals surface area contributed by atoms with Crippen molar-refractivity contribution in [1.82, 2.24) is 10.3 Å². The fraction of sp³-hybridized carbons (Fsp3) is 0.312. The number of hydrogen-bond donors (Lipinski definition) is 3. The number of rotatable bonds is 4. The number of nitrogens with one attached hydrogen (secondary N) is 2. The van der Waals surface area contributed by atoms with Crippen LogP contribution in [-0.4, -0.2) is 22.5 Å². The highest BCUT2D eigenvalue weighted by Gasteiger charge is 2.15. The summed E-state index contributed by atoms with van der Waals surface area (Å²) in [6, 6.07) is 9.54. The SMILES string of the molecule is Cc1cc(C)c(C(=O)NCC(O)c2ccccc2C)[nH]1. The molecule has 0 saturated heterocycles. The molecule has 0 aliphatic carbocycles. The van der Waals surface area contributed by atoms with Crippen molar-refractivity contribution in [3.8, 4) is 0 Å². The Morgan fingerprint density at radius 3 is 2.55 bits per heavy atom. The van der Waals surface area contributed by atoms with Crippen LogP contribution in [0.2, 0.25) is 0 Å². The van der Waals surface area contributed by atoms with Crippen LogP contribution in [0.15, 0.2) is 30.3 Å². The summed E-state index contributed by atoms with van der Waals surface area (Å²) < 4.78 is 0. The summed E-state index contributed by atoms with van der Waals surface area (Å²) in [6.07, 6.45) is -0.698. The molecular formula is C16H20N2O2. The standard InChI is InChI=1S/C16H20N2O2/c1-10-6-4-5-7-13(10)14(19)9-17-16(20)15-11(2)8-12(3)18-15/h4-8,14,18-19H,9H2,1-3H3,(H,17,20). The van der Waals surface area contributed by atoms with Crippen molar-refractivity contribution >= 4 is 5.91 Å². The minimum Gasteiger partial charge on any atom is -0.387 e. The Bertz CT molecular complexity index is 617. The molecule has 4 heteroatoms. The molecular weight excluding hydrogens is 252 g/mol. The molecule has 0 fully saturated rings. The number of carbonyl (C=O) groups is 1. The van der Waals surface area contributed by atoms with Gasteiger partial charge in [-0.2, -0.15) is 0 Å². The molecule has 3 N–H and O–H groups in total. The Morgan fingerprint density at radius 1 is 1.25 bits per heavy atom. The van der Waals surface area contributed by atoms with E-state index >= 15 is 0 Å². The number of benzene rings is 1. The van der Waals surface area contributed by atoms with Gasteiger partial charge in [0.2, 0.25) is 0 Å². The molecule has 0 aliphatic rings. The number of carbonyl (C=O) groups excluding carboxylic acids is 1. The third-order valence-corrected chi connectivity index (χ3v) is 3.38. The van der Waals surface area contributed by atoms with Gasteiger partial charge in [-0.05, 0) is 43.5 Å². The molecule has 1 amide bonds. The number of hydrogen-bond acceptors (Lipinski definition) is 2. The van der Waals surface area contributed by atoms with E-state index in [1.807, 2.05) is 51.1 Å². The molecule has 1 atom stereocenters. The minimum absolute atomic E-state index is 0.191. The maximum Gasteiger partial charge on any atom is 0.268 e. The van der Waals surface area contributed by atoms with E-state index in [1.54, 1.807) is 0 Å². The lowest BCUT2D eigenvalue weighted by Crippen LogP contribution is -2.29. The number of aliphatic hydroxyl groups is 1. The Balaban J connectivity index is 2.00. The van der Waals surface area contributed by atoms with Gasteiger partial charge in [0.1, 0.15) is 5.69 Å². The lowest BCUT2D eigenvalue weighted by Gasteiger charge is -2.14. The smallest absolute Gasteiger partial charge is 0.268 e. The van der Waals surface area contributed by atoms with E-state index in [9.17, 15) is 9.90 Å². The summed E-state index contributed by atoms with van der Waals surface area (Å²) in [5, 5.41) is 12.9. The number of aromatic amines is 1. The Hall–Kier alpha value is -2.07. The first-order valence-electron chi connectivity index (χ1n) is 6.67. The van der Waals surface area contributed by atoms with Gasteiger partial charge in [0.05, 0.1) is 6.10 Å². The van der Waals surface area contributed by atoms with Crippen LogP contribution in [0.25, 0.3) is 0 Å². The zero-order valence-electron chi connectivity index (χ0n) is 12.0. The van der Waals surface area contributed by atoms with Crippen molar-refractivity contribution in [2.24, 2.45) is 0 Å². The van der Waals surface area contributed by atoms with Crippen LogP contribution in [-0.2, 0) is 0 Å². The molecule has 2 aromatic rings. The fourth-order valence-electron chi connectivity index (χ4n) is 2.31. The molecule has 106 valence electrons. The number of aliphatic hydroxyl groups excluding tert-OH is 1.